The second kappa shape index (κ2) is 12.2. The molecule has 41 heavy (non-hydrogen) atoms. The minimum Gasteiger partial charge on any atom is -0.428 e. The van der Waals surface area contributed by atoms with Crippen LogP contribution in [0.15, 0.2) is 82.0 Å². The second-order valence-electron chi connectivity index (χ2n) is 11.7. The van der Waals surface area contributed by atoms with Crippen LogP contribution in [0.5, 0.6) is 0 Å². The Morgan fingerprint density at radius 3 is 2.37 bits per heavy atom. The first-order valence-electron chi connectivity index (χ1n) is 14.3. The van der Waals surface area contributed by atoms with Crippen molar-refractivity contribution in [1.82, 2.24) is 9.47 Å². The summed E-state index contributed by atoms with van der Waals surface area (Å²) in [6.45, 7) is 11.8. The number of hydrogen-bond acceptors (Lipinski definition) is 7. The summed E-state index contributed by atoms with van der Waals surface area (Å²) in [4.78, 5) is 29.8. The minimum atomic E-state index is -0.807. The molecule has 0 amide bonds. The first-order valence-corrected chi connectivity index (χ1v) is 14.3. The van der Waals surface area contributed by atoms with Crippen LogP contribution >= 0.6 is 0 Å². The molecule has 8 heteroatoms. The van der Waals surface area contributed by atoms with E-state index < -0.39 is 17.5 Å². The van der Waals surface area contributed by atoms with Gasteiger partial charge in [-0.25, -0.2) is 14.2 Å². The Kier molecular flexibility index (Phi) is 8.49. The predicted octanol–water partition coefficient (Wildman–Crippen LogP) is 6.52. The number of anilines is 1. The van der Waals surface area contributed by atoms with Crippen LogP contribution < -0.4 is 10.7 Å². The topological polar surface area (TPSA) is 77.1 Å². The highest BCUT2D eigenvalue weighted by molar-refractivity contribution is 5.87. The van der Waals surface area contributed by atoms with Crippen molar-refractivity contribution in [3.05, 3.63) is 88.9 Å². The number of nitrogens with zero attached hydrogens (tertiary/aromatic N) is 3. The number of carbonyl (C=O) groups is 1. The summed E-state index contributed by atoms with van der Waals surface area (Å²) in [6.07, 6.45) is -0.105. The van der Waals surface area contributed by atoms with Crippen LogP contribution in [-0.2, 0) is 22.7 Å². The van der Waals surface area contributed by atoms with Crippen LogP contribution in [0.2, 0.25) is 0 Å². The molecule has 0 atom stereocenters. The van der Waals surface area contributed by atoms with E-state index in [2.05, 4.69) is 72.2 Å². The molecule has 3 aromatic carbocycles. The van der Waals surface area contributed by atoms with Gasteiger partial charge in [0.25, 0.3) is 0 Å². The van der Waals surface area contributed by atoms with E-state index in [9.17, 15) is 9.59 Å². The smallest absolute Gasteiger partial charge is 0.428 e. The summed E-state index contributed by atoms with van der Waals surface area (Å²) < 4.78 is 17.8. The van der Waals surface area contributed by atoms with Crippen molar-refractivity contribution in [3.63, 3.8) is 0 Å². The lowest BCUT2D eigenvalue weighted by Crippen LogP contribution is -2.46. The van der Waals surface area contributed by atoms with Crippen molar-refractivity contribution in [1.29, 1.82) is 0 Å². The average molecular weight is 558 g/mol. The molecule has 0 N–H and O–H groups in total. The van der Waals surface area contributed by atoms with Crippen molar-refractivity contribution in [2.24, 2.45) is 5.92 Å². The van der Waals surface area contributed by atoms with E-state index in [0.717, 1.165) is 38.4 Å². The Labute approximate surface area is 241 Å². The standard InChI is InChI=1S/C33H39N3O5/c1-24(2)21-33(3,4)41-32(38)39-23-36-29-15-9-14-28(30(29)40-31(36)37)35-18-16-34(17-19-35)22-25-10-8-13-27(20-25)26-11-6-5-7-12-26/h5-15,20,24H,16-19,21-23H2,1-4H3. The molecule has 8 nitrogen and oxygen atoms in total. The van der Waals surface area contributed by atoms with Gasteiger partial charge >= 0.3 is 11.9 Å². The molecular formula is C33H39N3O5. The van der Waals surface area contributed by atoms with Crippen LogP contribution in [0.4, 0.5) is 10.5 Å². The summed E-state index contributed by atoms with van der Waals surface area (Å²) in [5, 5.41) is 0. The third kappa shape index (κ3) is 7.00. The third-order valence-electron chi connectivity index (χ3n) is 7.40. The molecule has 0 unspecified atom stereocenters. The van der Waals surface area contributed by atoms with Gasteiger partial charge < -0.3 is 18.8 Å². The zero-order valence-electron chi connectivity index (χ0n) is 24.3. The van der Waals surface area contributed by atoms with Crippen LogP contribution in [0.1, 0.15) is 39.7 Å². The first kappa shape index (κ1) is 28.5. The maximum absolute atomic E-state index is 12.7. The summed E-state index contributed by atoms with van der Waals surface area (Å²) in [6, 6.07) is 24.8. The molecule has 2 heterocycles. The van der Waals surface area contributed by atoms with Crippen LogP contribution in [0.3, 0.4) is 0 Å². The number of oxazole rings is 1. The molecule has 1 aliphatic rings. The van der Waals surface area contributed by atoms with Gasteiger partial charge in [0.05, 0.1) is 11.2 Å². The highest BCUT2D eigenvalue weighted by atomic mass is 16.7. The fraction of sp³-hybridized carbons (Fsp3) is 0.394. The Bertz CT molecular complexity index is 1530. The van der Waals surface area contributed by atoms with Crippen LogP contribution in [0, 0.1) is 5.92 Å². The van der Waals surface area contributed by atoms with Crippen molar-refractivity contribution >= 4 is 22.9 Å². The molecule has 1 fully saturated rings. The molecule has 0 spiro atoms. The molecule has 1 aliphatic heterocycles. The van der Waals surface area contributed by atoms with Crippen molar-refractivity contribution < 1.29 is 18.7 Å². The van der Waals surface area contributed by atoms with Gasteiger partial charge in [-0.15, -0.1) is 0 Å². The number of carbonyl (C=O) groups excluding carboxylic acids is 1. The largest absolute Gasteiger partial charge is 0.510 e. The number of piperazine rings is 1. The maximum Gasteiger partial charge on any atom is 0.510 e. The second-order valence-corrected chi connectivity index (χ2v) is 11.7. The highest BCUT2D eigenvalue weighted by Gasteiger charge is 2.26. The lowest BCUT2D eigenvalue weighted by molar-refractivity contribution is -0.0368. The van der Waals surface area contributed by atoms with Gasteiger partial charge in [0.15, 0.2) is 12.3 Å². The van der Waals surface area contributed by atoms with E-state index >= 15 is 0 Å². The molecule has 5 rings (SSSR count). The van der Waals surface area contributed by atoms with Crippen molar-refractivity contribution in [3.8, 4) is 11.1 Å². The summed E-state index contributed by atoms with van der Waals surface area (Å²) >= 11 is 0. The molecule has 0 radical (unpaired) electrons. The zero-order valence-corrected chi connectivity index (χ0v) is 24.3. The Morgan fingerprint density at radius 1 is 0.927 bits per heavy atom. The zero-order chi connectivity index (χ0) is 29.0. The SMILES string of the molecule is CC(C)CC(C)(C)OC(=O)OCn1c(=O)oc2c(N3CCN(Cc4cccc(-c5ccccc5)c4)CC3)cccc21. The van der Waals surface area contributed by atoms with Gasteiger partial charge in [-0.2, -0.15) is 0 Å². The summed E-state index contributed by atoms with van der Waals surface area (Å²) in [5.41, 5.74) is 5.03. The van der Waals surface area contributed by atoms with E-state index in [1.54, 1.807) is 6.07 Å². The molecule has 1 saturated heterocycles. The van der Waals surface area contributed by atoms with Gasteiger partial charge in [-0.05, 0) is 61.1 Å². The van der Waals surface area contributed by atoms with Crippen LogP contribution in [-0.4, -0.2) is 47.4 Å². The van der Waals surface area contributed by atoms with Gasteiger partial charge in [0.1, 0.15) is 5.60 Å². The molecule has 4 aromatic rings. The number of benzene rings is 3. The van der Waals surface area contributed by atoms with Gasteiger partial charge in [-0.1, -0.05) is 68.4 Å². The molecular weight excluding hydrogens is 518 g/mol. The minimum absolute atomic E-state index is 0.276. The quantitative estimate of drug-likeness (QED) is 0.217. The summed E-state index contributed by atoms with van der Waals surface area (Å²) in [5.74, 6) is -0.206. The summed E-state index contributed by atoms with van der Waals surface area (Å²) in [7, 11) is 0. The Morgan fingerprint density at radius 2 is 1.63 bits per heavy atom. The maximum atomic E-state index is 12.7. The Balaban J connectivity index is 1.22. The van der Waals surface area contributed by atoms with Crippen LogP contribution in [0.25, 0.3) is 22.2 Å². The first-order chi connectivity index (χ1) is 19.7. The van der Waals surface area contributed by atoms with Gasteiger partial charge in [0, 0.05) is 32.7 Å². The third-order valence-corrected chi connectivity index (χ3v) is 7.40. The number of fused-ring (bicyclic) bond motifs is 1. The number of rotatable bonds is 9. The van der Waals surface area contributed by atoms with Gasteiger partial charge in [-0.3, -0.25) is 4.90 Å². The number of aromatic nitrogens is 1. The lowest BCUT2D eigenvalue weighted by atomic mass is 9.96. The highest BCUT2D eigenvalue weighted by Crippen LogP contribution is 2.28. The molecule has 0 saturated carbocycles. The van der Waals surface area contributed by atoms with E-state index in [-0.39, 0.29) is 6.73 Å². The van der Waals surface area contributed by atoms with Crippen molar-refractivity contribution in [2.45, 2.75) is 53.0 Å². The number of ether oxygens (including phenoxy) is 2. The monoisotopic (exact) mass is 557 g/mol. The van der Waals surface area contributed by atoms with Crippen molar-refractivity contribution in [2.75, 3.05) is 31.1 Å². The molecule has 216 valence electrons. The number of para-hydroxylation sites is 1. The van der Waals surface area contributed by atoms with Gasteiger partial charge in [0.2, 0.25) is 0 Å². The Hall–Kier alpha value is -4.04. The fourth-order valence-corrected chi connectivity index (χ4v) is 5.72. The van der Waals surface area contributed by atoms with E-state index in [1.165, 1.54) is 21.3 Å². The molecule has 0 aliphatic carbocycles. The van der Waals surface area contributed by atoms with E-state index in [1.807, 2.05) is 32.0 Å². The normalized spacial score (nSPS) is 14.5. The van der Waals surface area contributed by atoms with E-state index in [4.69, 9.17) is 13.9 Å². The fourth-order valence-electron chi connectivity index (χ4n) is 5.72. The average Bonchev–Trinajstić information content (AvgIpc) is 3.27. The molecule has 0 bridgehead atoms. The number of hydrogen-bond donors (Lipinski definition) is 0. The molecule has 1 aromatic heterocycles. The van der Waals surface area contributed by atoms with E-state index in [0.29, 0.717) is 23.4 Å². The lowest BCUT2D eigenvalue weighted by Gasteiger charge is -2.36. The predicted molar refractivity (Wildman–Crippen MR) is 161 cm³/mol.